The molecule has 21 heavy (non-hydrogen) atoms. The average Bonchev–Trinajstić information content (AvgIpc) is 2.37. The second-order valence-electron chi connectivity index (χ2n) is 6.96. The van der Waals surface area contributed by atoms with Gasteiger partial charge in [-0.05, 0) is 63.9 Å². The molecule has 0 radical (unpaired) electrons. The molecule has 0 spiro atoms. The normalized spacial score (nSPS) is 24.0. The highest BCUT2D eigenvalue weighted by atomic mass is 19.1. The number of likely N-dealkylation sites (tertiary alicyclic amines) is 1. The molecule has 2 rings (SSSR count). The molecule has 1 heterocycles. The first kappa shape index (κ1) is 16.0. The number of carboxylic acids is 1. The zero-order valence-corrected chi connectivity index (χ0v) is 13.2. The zero-order chi connectivity index (χ0) is 15.8. The van der Waals surface area contributed by atoms with Crippen molar-refractivity contribution in [1.29, 1.82) is 0 Å². The molecule has 1 fully saturated rings. The van der Waals surface area contributed by atoms with Gasteiger partial charge in [-0.2, -0.15) is 0 Å². The van der Waals surface area contributed by atoms with Gasteiger partial charge in [0.15, 0.2) is 0 Å². The van der Waals surface area contributed by atoms with Crippen molar-refractivity contribution in [2.45, 2.75) is 45.6 Å². The second-order valence-corrected chi connectivity index (χ2v) is 6.96. The molecule has 0 aliphatic carbocycles. The summed E-state index contributed by atoms with van der Waals surface area (Å²) in [7, 11) is 0. The molecule has 1 aromatic rings. The average molecular weight is 293 g/mol. The molecule has 1 N–H and O–H groups in total. The van der Waals surface area contributed by atoms with Gasteiger partial charge in [0.05, 0.1) is 5.92 Å². The van der Waals surface area contributed by atoms with Gasteiger partial charge in [0, 0.05) is 18.0 Å². The van der Waals surface area contributed by atoms with Crippen LogP contribution in [0.5, 0.6) is 0 Å². The van der Waals surface area contributed by atoms with E-state index in [1.807, 2.05) is 6.92 Å². The quantitative estimate of drug-likeness (QED) is 0.908. The monoisotopic (exact) mass is 293 g/mol. The van der Waals surface area contributed by atoms with Crippen molar-refractivity contribution in [3.8, 4) is 0 Å². The summed E-state index contributed by atoms with van der Waals surface area (Å²) in [6.45, 7) is 9.77. The topological polar surface area (TPSA) is 40.5 Å². The lowest BCUT2D eigenvalue weighted by molar-refractivity contribution is -0.144. The summed E-state index contributed by atoms with van der Waals surface area (Å²) in [4.78, 5) is 13.9. The van der Waals surface area contributed by atoms with Crippen molar-refractivity contribution in [3.05, 3.63) is 35.1 Å². The lowest BCUT2D eigenvalue weighted by Crippen LogP contribution is -2.50. The van der Waals surface area contributed by atoms with Crippen molar-refractivity contribution in [2.75, 3.05) is 13.1 Å². The van der Waals surface area contributed by atoms with Gasteiger partial charge in [-0.3, -0.25) is 9.69 Å². The van der Waals surface area contributed by atoms with Crippen molar-refractivity contribution >= 4 is 5.97 Å². The zero-order valence-electron chi connectivity index (χ0n) is 13.2. The van der Waals surface area contributed by atoms with E-state index in [0.717, 1.165) is 17.7 Å². The number of benzene rings is 1. The number of hydrogen-bond acceptors (Lipinski definition) is 2. The first-order valence-corrected chi connectivity index (χ1v) is 7.44. The van der Waals surface area contributed by atoms with Gasteiger partial charge in [-0.1, -0.05) is 6.07 Å². The number of aliphatic carboxylic acids is 1. The third-order valence-corrected chi connectivity index (χ3v) is 4.51. The van der Waals surface area contributed by atoms with E-state index in [-0.39, 0.29) is 17.3 Å². The van der Waals surface area contributed by atoms with E-state index in [4.69, 9.17) is 0 Å². The predicted molar refractivity (Wildman–Crippen MR) is 80.9 cm³/mol. The summed E-state index contributed by atoms with van der Waals surface area (Å²) in [5.41, 5.74) is 1.80. The fraction of sp³-hybridized carbons (Fsp3) is 0.588. The Balaban J connectivity index is 2.36. The van der Waals surface area contributed by atoms with Gasteiger partial charge in [0.2, 0.25) is 0 Å². The Morgan fingerprint density at radius 1 is 1.38 bits per heavy atom. The number of hydrogen-bond donors (Lipinski definition) is 1. The minimum absolute atomic E-state index is 0.00958. The van der Waals surface area contributed by atoms with Gasteiger partial charge in [0.1, 0.15) is 5.82 Å². The molecule has 2 atom stereocenters. The van der Waals surface area contributed by atoms with Gasteiger partial charge < -0.3 is 5.11 Å². The third-order valence-electron chi connectivity index (χ3n) is 4.51. The molecule has 3 nitrogen and oxygen atoms in total. The number of carboxylic acid groups (broad SMARTS) is 1. The van der Waals surface area contributed by atoms with Crippen LogP contribution >= 0.6 is 0 Å². The van der Waals surface area contributed by atoms with Crippen LogP contribution in [0, 0.1) is 18.7 Å². The maximum atomic E-state index is 13.3. The highest BCUT2D eigenvalue weighted by Gasteiger charge is 2.38. The van der Waals surface area contributed by atoms with Gasteiger partial charge in [-0.25, -0.2) is 4.39 Å². The summed E-state index contributed by atoms with van der Waals surface area (Å²) in [6.07, 6.45) is 0.633. The molecular formula is C17H24FNO2. The second kappa shape index (κ2) is 5.76. The minimum atomic E-state index is -0.753. The number of nitrogens with zero attached hydrogens (tertiary/aromatic N) is 1. The van der Waals surface area contributed by atoms with E-state index < -0.39 is 11.9 Å². The lowest BCUT2D eigenvalue weighted by Gasteiger charge is -2.44. The van der Waals surface area contributed by atoms with Crippen LogP contribution in [0.2, 0.25) is 0 Å². The van der Waals surface area contributed by atoms with E-state index in [2.05, 4.69) is 25.7 Å². The fourth-order valence-corrected chi connectivity index (χ4v) is 3.23. The summed E-state index contributed by atoms with van der Waals surface area (Å²) in [5, 5.41) is 9.51. The molecule has 116 valence electrons. The molecule has 0 saturated carbocycles. The van der Waals surface area contributed by atoms with E-state index in [1.54, 1.807) is 6.07 Å². The largest absolute Gasteiger partial charge is 0.481 e. The third kappa shape index (κ3) is 3.43. The van der Waals surface area contributed by atoms with E-state index in [9.17, 15) is 14.3 Å². The molecule has 4 heteroatoms. The Hall–Kier alpha value is -1.42. The van der Waals surface area contributed by atoms with Crippen molar-refractivity contribution < 1.29 is 14.3 Å². The fourth-order valence-electron chi connectivity index (χ4n) is 3.23. The summed E-state index contributed by atoms with van der Waals surface area (Å²) < 4.78 is 13.3. The Labute approximate surface area is 125 Å². The highest BCUT2D eigenvalue weighted by molar-refractivity contribution is 5.72. The maximum Gasteiger partial charge on any atom is 0.307 e. The smallest absolute Gasteiger partial charge is 0.307 e. The predicted octanol–water partition coefficient (Wildman–Crippen LogP) is 3.42. The number of aryl methyl sites for hydroxylation is 1. The Morgan fingerprint density at radius 3 is 2.57 bits per heavy atom. The Bertz CT molecular complexity index is 536. The van der Waals surface area contributed by atoms with E-state index >= 15 is 0 Å². The summed E-state index contributed by atoms with van der Waals surface area (Å²) >= 11 is 0. The van der Waals surface area contributed by atoms with Crippen LogP contribution in [0.3, 0.4) is 0 Å². The van der Waals surface area contributed by atoms with Crippen molar-refractivity contribution in [1.82, 2.24) is 4.90 Å². The van der Waals surface area contributed by atoms with Crippen LogP contribution in [0.4, 0.5) is 4.39 Å². The standard InChI is InChI=1S/C17H24FNO2/c1-11-9-12(18)5-6-13(11)15-10-19(17(2,3)4)8-7-14(15)16(20)21/h5-6,9,14-15H,7-8,10H2,1-4H3,(H,20,21). The minimum Gasteiger partial charge on any atom is -0.481 e. The Morgan fingerprint density at radius 2 is 2.05 bits per heavy atom. The number of rotatable bonds is 2. The molecule has 0 amide bonds. The Kier molecular flexibility index (Phi) is 4.38. The maximum absolute atomic E-state index is 13.3. The van der Waals surface area contributed by atoms with Gasteiger partial charge in [0.25, 0.3) is 0 Å². The number of piperidine rings is 1. The first-order chi connectivity index (χ1) is 9.70. The van der Waals surface area contributed by atoms with Crippen LogP contribution in [0.15, 0.2) is 18.2 Å². The highest BCUT2D eigenvalue weighted by Crippen LogP contribution is 2.36. The summed E-state index contributed by atoms with van der Waals surface area (Å²) in [5.74, 6) is -1.51. The van der Waals surface area contributed by atoms with Gasteiger partial charge >= 0.3 is 5.97 Å². The molecular weight excluding hydrogens is 269 g/mol. The van der Waals surface area contributed by atoms with Crippen LogP contribution in [-0.4, -0.2) is 34.6 Å². The van der Waals surface area contributed by atoms with Crippen molar-refractivity contribution in [2.24, 2.45) is 5.92 Å². The molecule has 0 bridgehead atoms. The SMILES string of the molecule is Cc1cc(F)ccc1C1CN(C(C)(C)C)CCC1C(=O)O. The van der Waals surface area contributed by atoms with E-state index in [0.29, 0.717) is 13.0 Å². The molecule has 1 aliphatic heterocycles. The van der Waals surface area contributed by atoms with E-state index in [1.165, 1.54) is 12.1 Å². The molecule has 1 saturated heterocycles. The van der Waals surface area contributed by atoms with Crippen LogP contribution in [-0.2, 0) is 4.79 Å². The number of halogens is 1. The van der Waals surface area contributed by atoms with Crippen LogP contribution in [0.1, 0.15) is 44.2 Å². The first-order valence-electron chi connectivity index (χ1n) is 7.44. The lowest BCUT2D eigenvalue weighted by atomic mass is 9.78. The van der Waals surface area contributed by atoms with Gasteiger partial charge in [-0.15, -0.1) is 0 Å². The molecule has 1 aliphatic rings. The van der Waals surface area contributed by atoms with Crippen LogP contribution < -0.4 is 0 Å². The van der Waals surface area contributed by atoms with Crippen LogP contribution in [0.25, 0.3) is 0 Å². The van der Waals surface area contributed by atoms with Crippen molar-refractivity contribution in [3.63, 3.8) is 0 Å². The molecule has 1 aromatic carbocycles. The number of carbonyl (C=O) groups is 1. The summed E-state index contributed by atoms with van der Waals surface area (Å²) in [6, 6.07) is 4.67. The molecule has 2 unspecified atom stereocenters. The molecule has 0 aromatic heterocycles.